The zero-order valence-electron chi connectivity index (χ0n) is 15.2. The van der Waals surface area contributed by atoms with E-state index in [-0.39, 0.29) is 4.90 Å². The molecule has 1 aliphatic carbocycles. The minimum absolute atomic E-state index is 0.227. The minimum Gasteiger partial charge on any atom is -0.353 e. The van der Waals surface area contributed by atoms with Gasteiger partial charge in [-0.15, -0.1) is 0 Å². The number of aromatic nitrogens is 2. The van der Waals surface area contributed by atoms with Crippen LogP contribution in [0.25, 0.3) is 0 Å². The van der Waals surface area contributed by atoms with Gasteiger partial charge in [0.15, 0.2) is 15.7 Å². The monoisotopic (exact) mass is 372 g/mol. The Kier molecular flexibility index (Phi) is 4.44. The van der Waals surface area contributed by atoms with E-state index in [1.54, 1.807) is 6.92 Å². The first-order valence-electron chi connectivity index (χ1n) is 9.01. The predicted octanol–water partition coefficient (Wildman–Crippen LogP) is 1.48. The van der Waals surface area contributed by atoms with Crippen LogP contribution in [-0.4, -0.2) is 61.8 Å². The summed E-state index contributed by atoms with van der Waals surface area (Å²) in [5.41, 5.74) is 2.93. The highest BCUT2D eigenvalue weighted by molar-refractivity contribution is 7.90. The first-order chi connectivity index (χ1) is 12.4. The molecule has 0 bridgehead atoms. The number of piperazine rings is 1. The summed E-state index contributed by atoms with van der Waals surface area (Å²) in [6, 6.07) is 9.24. The lowest BCUT2D eigenvalue weighted by atomic mass is 10.1. The number of hydrogen-bond acceptors (Lipinski definition) is 6. The summed E-state index contributed by atoms with van der Waals surface area (Å²) in [6.45, 7) is 5.20. The summed E-state index contributed by atoms with van der Waals surface area (Å²) in [7, 11) is -3.35. The van der Waals surface area contributed by atoms with E-state index in [1.165, 1.54) is 23.6 Å². The van der Waals surface area contributed by atoms with Crippen LogP contribution in [0.1, 0.15) is 17.0 Å². The number of anilines is 1. The number of hydrogen-bond donors (Lipinski definition) is 0. The van der Waals surface area contributed by atoms with E-state index in [0.29, 0.717) is 17.7 Å². The van der Waals surface area contributed by atoms with E-state index >= 15 is 0 Å². The second-order valence-electron chi connectivity index (χ2n) is 7.23. The molecule has 0 radical (unpaired) electrons. The Hall–Kier alpha value is -1.99. The topological polar surface area (TPSA) is 66.4 Å². The summed E-state index contributed by atoms with van der Waals surface area (Å²) in [5.74, 6) is 1.15. The van der Waals surface area contributed by atoms with Crippen molar-refractivity contribution in [3.8, 4) is 0 Å². The van der Waals surface area contributed by atoms with Crippen LogP contribution in [0.5, 0.6) is 0 Å². The van der Waals surface area contributed by atoms with E-state index in [4.69, 9.17) is 0 Å². The third kappa shape index (κ3) is 3.33. The van der Waals surface area contributed by atoms with Gasteiger partial charge >= 0.3 is 0 Å². The van der Waals surface area contributed by atoms with Crippen molar-refractivity contribution in [2.24, 2.45) is 0 Å². The number of nitrogens with zero attached hydrogens (tertiary/aromatic N) is 4. The Morgan fingerprint density at radius 1 is 1.04 bits per heavy atom. The molecule has 2 aromatic rings. The van der Waals surface area contributed by atoms with Crippen molar-refractivity contribution in [1.82, 2.24) is 14.9 Å². The van der Waals surface area contributed by atoms with Gasteiger partial charge in [-0.3, -0.25) is 4.90 Å². The second-order valence-corrected chi connectivity index (χ2v) is 9.22. The first-order valence-corrected chi connectivity index (χ1v) is 10.9. The van der Waals surface area contributed by atoms with Crippen molar-refractivity contribution >= 4 is 15.7 Å². The van der Waals surface area contributed by atoms with Gasteiger partial charge in [0.25, 0.3) is 0 Å². The summed E-state index contributed by atoms with van der Waals surface area (Å²) in [5, 5.41) is 0. The third-order valence-electron chi connectivity index (χ3n) is 5.42. The van der Waals surface area contributed by atoms with Crippen LogP contribution in [0.2, 0.25) is 0 Å². The maximum atomic E-state index is 12.1. The standard InChI is InChI=1S/C19H24N4O2S/c1-14-20-13-18(26(2,24)25)19(21-14)23-9-7-22(8-10-23)17-11-15-5-3-4-6-16(15)12-17/h3-6,13,17H,7-12H2,1-2H3. The summed E-state index contributed by atoms with van der Waals surface area (Å²) in [6.07, 6.45) is 4.87. The fourth-order valence-electron chi connectivity index (χ4n) is 4.03. The van der Waals surface area contributed by atoms with Crippen LogP contribution in [-0.2, 0) is 22.7 Å². The molecule has 7 heteroatoms. The van der Waals surface area contributed by atoms with Gasteiger partial charge < -0.3 is 4.90 Å². The van der Waals surface area contributed by atoms with Crippen molar-refractivity contribution in [1.29, 1.82) is 0 Å². The normalized spacial score (nSPS) is 18.9. The summed E-state index contributed by atoms with van der Waals surface area (Å²) >= 11 is 0. The first kappa shape index (κ1) is 17.4. The summed E-state index contributed by atoms with van der Waals surface area (Å²) < 4.78 is 24.2. The lowest BCUT2D eigenvalue weighted by molar-refractivity contribution is 0.189. The fraction of sp³-hybridized carbons (Fsp3) is 0.474. The van der Waals surface area contributed by atoms with Gasteiger partial charge in [-0.25, -0.2) is 18.4 Å². The molecule has 138 valence electrons. The molecule has 1 aromatic heterocycles. The molecule has 2 heterocycles. The molecule has 0 atom stereocenters. The van der Waals surface area contributed by atoms with Gasteiger partial charge in [0.05, 0.1) is 6.20 Å². The molecular formula is C19H24N4O2S. The second kappa shape index (κ2) is 6.63. The number of aryl methyl sites for hydroxylation is 1. The van der Waals surface area contributed by atoms with Gasteiger partial charge in [0.1, 0.15) is 10.7 Å². The van der Waals surface area contributed by atoms with Crippen LogP contribution >= 0.6 is 0 Å². The molecular weight excluding hydrogens is 348 g/mol. The maximum absolute atomic E-state index is 12.1. The quantitative estimate of drug-likeness (QED) is 0.813. The highest BCUT2D eigenvalue weighted by Gasteiger charge is 2.30. The molecule has 0 amide bonds. The van der Waals surface area contributed by atoms with Crippen LogP contribution in [0.4, 0.5) is 5.82 Å². The van der Waals surface area contributed by atoms with Crippen molar-refractivity contribution in [3.05, 3.63) is 47.4 Å². The van der Waals surface area contributed by atoms with E-state index in [2.05, 4.69) is 44.0 Å². The van der Waals surface area contributed by atoms with Gasteiger partial charge in [-0.2, -0.15) is 0 Å². The van der Waals surface area contributed by atoms with E-state index < -0.39 is 9.84 Å². The molecule has 2 aliphatic rings. The lowest BCUT2D eigenvalue weighted by Gasteiger charge is -2.39. The smallest absolute Gasteiger partial charge is 0.180 e. The zero-order chi connectivity index (χ0) is 18.3. The van der Waals surface area contributed by atoms with Crippen LogP contribution in [0.3, 0.4) is 0 Å². The Labute approximate surface area is 154 Å². The number of rotatable bonds is 3. The number of fused-ring (bicyclic) bond motifs is 1. The number of benzene rings is 1. The van der Waals surface area contributed by atoms with E-state index in [9.17, 15) is 8.42 Å². The molecule has 0 unspecified atom stereocenters. The fourth-order valence-corrected chi connectivity index (χ4v) is 4.78. The molecule has 26 heavy (non-hydrogen) atoms. The average molecular weight is 372 g/mol. The Morgan fingerprint density at radius 2 is 1.65 bits per heavy atom. The summed E-state index contributed by atoms with van der Waals surface area (Å²) in [4.78, 5) is 13.4. The molecule has 0 spiro atoms. The zero-order valence-corrected chi connectivity index (χ0v) is 16.0. The van der Waals surface area contributed by atoms with Crippen molar-refractivity contribution in [2.75, 3.05) is 37.3 Å². The molecule has 6 nitrogen and oxygen atoms in total. The lowest BCUT2D eigenvalue weighted by Crippen LogP contribution is -2.51. The molecule has 0 saturated carbocycles. The van der Waals surface area contributed by atoms with Gasteiger partial charge in [0, 0.05) is 38.5 Å². The van der Waals surface area contributed by atoms with Gasteiger partial charge in [-0.1, -0.05) is 24.3 Å². The Morgan fingerprint density at radius 3 is 2.23 bits per heavy atom. The van der Waals surface area contributed by atoms with Crippen molar-refractivity contribution in [3.63, 3.8) is 0 Å². The minimum atomic E-state index is -3.35. The SMILES string of the molecule is Cc1ncc(S(C)(=O)=O)c(N2CCN(C3Cc4ccccc4C3)CC2)n1. The molecule has 1 saturated heterocycles. The largest absolute Gasteiger partial charge is 0.353 e. The van der Waals surface area contributed by atoms with Crippen LogP contribution in [0, 0.1) is 6.92 Å². The van der Waals surface area contributed by atoms with Gasteiger partial charge in [0.2, 0.25) is 0 Å². The van der Waals surface area contributed by atoms with Crippen LogP contribution in [0.15, 0.2) is 35.4 Å². The van der Waals surface area contributed by atoms with E-state index in [0.717, 1.165) is 39.0 Å². The molecule has 4 rings (SSSR count). The molecule has 1 aromatic carbocycles. The highest BCUT2D eigenvalue weighted by Crippen LogP contribution is 2.28. The molecule has 1 aliphatic heterocycles. The Balaban J connectivity index is 1.48. The van der Waals surface area contributed by atoms with E-state index in [1.807, 2.05) is 0 Å². The average Bonchev–Trinajstić information content (AvgIpc) is 3.05. The number of sulfone groups is 1. The predicted molar refractivity (Wildman–Crippen MR) is 101 cm³/mol. The van der Waals surface area contributed by atoms with Crippen molar-refractivity contribution < 1.29 is 8.42 Å². The molecule has 0 N–H and O–H groups in total. The third-order valence-corrected chi connectivity index (χ3v) is 6.50. The van der Waals surface area contributed by atoms with Gasteiger partial charge in [-0.05, 0) is 30.9 Å². The maximum Gasteiger partial charge on any atom is 0.180 e. The van der Waals surface area contributed by atoms with Crippen molar-refractivity contribution in [2.45, 2.75) is 30.7 Å². The van der Waals surface area contributed by atoms with Crippen LogP contribution < -0.4 is 4.90 Å². The molecule has 1 fully saturated rings. The highest BCUT2D eigenvalue weighted by atomic mass is 32.2. The Bertz CT molecular complexity index is 896.